The van der Waals surface area contributed by atoms with Gasteiger partial charge in [0.05, 0.1) is 18.4 Å². The second-order valence-corrected chi connectivity index (χ2v) is 8.53. The van der Waals surface area contributed by atoms with Crippen LogP contribution in [-0.2, 0) is 30.8 Å². The number of fused-ring (bicyclic) bond motifs is 2. The standard InChI is InChI=1S/C15H20N2O4S.C2HF3O2/c1-21-15(18)8-11-4-2-3-5-14(11)22(19,20)17-9-12-6-7-13(10-17)16-12;3-2(4,5)1(6)7/h2-5,12-13,16H,6-10H2,1H3;(H,6,7). The Balaban J connectivity index is 0.000000370. The Hall–Kier alpha value is -2.18. The van der Waals surface area contributed by atoms with E-state index in [4.69, 9.17) is 9.90 Å². The van der Waals surface area contributed by atoms with Gasteiger partial charge in [0.1, 0.15) is 0 Å². The van der Waals surface area contributed by atoms with Crippen molar-refractivity contribution in [1.82, 2.24) is 9.62 Å². The van der Waals surface area contributed by atoms with Gasteiger partial charge < -0.3 is 15.2 Å². The number of alkyl halides is 3. The Bertz CT molecular complexity index is 847. The van der Waals surface area contributed by atoms with E-state index < -0.39 is 28.1 Å². The number of aliphatic carboxylic acids is 1. The zero-order chi connectivity index (χ0) is 21.8. The van der Waals surface area contributed by atoms with Crippen molar-refractivity contribution in [2.45, 2.75) is 42.4 Å². The number of hydrogen-bond acceptors (Lipinski definition) is 6. The Morgan fingerprint density at radius 2 is 1.72 bits per heavy atom. The molecule has 0 radical (unpaired) electrons. The number of carboxylic acid groups (broad SMARTS) is 1. The molecule has 2 heterocycles. The molecule has 1 aromatic rings. The molecule has 0 aromatic heterocycles. The summed E-state index contributed by atoms with van der Waals surface area (Å²) >= 11 is 0. The lowest BCUT2D eigenvalue weighted by Gasteiger charge is -2.32. The number of methoxy groups -OCH3 is 1. The van der Waals surface area contributed by atoms with Crippen LogP contribution >= 0.6 is 0 Å². The third-order valence-corrected chi connectivity index (χ3v) is 6.51. The average molecular weight is 438 g/mol. The van der Waals surface area contributed by atoms with Crippen molar-refractivity contribution < 1.29 is 41.0 Å². The molecule has 2 unspecified atom stereocenters. The Labute approximate surface area is 165 Å². The van der Waals surface area contributed by atoms with Gasteiger partial charge in [-0.05, 0) is 24.5 Å². The van der Waals surface area contributed by atoms with Gasteiger partial charge in [0.15, 0.2) is 0 Å². The number of benzene rings is 1. The topological polar surface area (TPSA) is 113 Å². The number of hydrogen-bond donors (Lipinski definition) is 2. The van der Waals surface area contributed by atoms with Gasteiger partial charge in [-0.2, -0.15) is 17.5 Å². The number of carbonyl (C=O) groups excluding carboxylic acids is 1. The lowest BCUT2D eigenvalue weighted by atomic mass is 10.1. The predicted octanol–water partition coefficient (Wildman–Crippen LogP) is 1.16. The number of esters is 1. The summed E-state index contributed by atoms with van der Waals surface area (Å²) in [6.07, 6.45) is -3.09. The molecule has 2 bridgehead atoms. The van der Waals surface area contributed by atoms with Crippen molar-refractivity contribution in [3.8, 4) is 0 Å². The molecule has 3 rings (SSSR count). The van der Waals surface area contributed by atoms with E-state index in [-0.39, 0.29) is 23.4 Å². The highest BCUT2D eigenvalue weighted by Crippen LogP contribution is 2.27. The van der Waals surface area contributed by atoms with Crippen LogP contribution < -0.4 is 5.32 Å². The second-order valence-electron chi connectivity index (χ2n) is 6.62. The first kappa shape index (κ1) is 23.1. The zero-order valence-electron chi connectivity index (χ0n) is 15.5. The van der Waals surface area contributed by atoms with Crippen LogP contribution in [0.1, 0.15) is 18.4 Å². The van der Waals surface area contributed by atoms with Gasteiger partial charge in [-0.15, -0.1) is 0 Å². The van der Waals surface area contributed by atoms with Crippen molar-refractivity contribution in [3.63, 3.8) is 0 Å². The first-order valence-corrected chi connectivity index (χ1v) is 10.1. The maximum atomic E-state index is 12.9. The first-order chi connectivity index (χ1) is 13.4. The molecule has 2 aliphatic heterocycles. The molecule has 2 fully saturated rings. The number of sulfonamides is 1. The highest BCUT2D eigenvalue weighted by molar-refractivity contribution is 7.89. The number of nitrogens with zero attached hydrogens (tertiary/aromatic N) is 1. The molecule has 162 valence electrons. The summed E-state index contributed by atoms with van der Waals surface area (Å²) in [6, 6.07) is 7.13. The Morgan fingerprint density at radius 3 is 2.21 bits per heavy atom. The van der Waals surface area contributed by atoms with Gasteiger partial charge in [0.2, 0.25) is 10.0 Å². The van der Waals surface area contributed by atoms with Crippen molar-refractivity contribution in [2.24, 2.45) is 0 Å². The molecule has 2 atom stereocenters. The molecule has 29 heavy (non-hydrogen) atoms. The van der Waals surface area contributed by atoms with E-state index in [2.05, 4.69) is 10.1 Å². The van der Waals surface area contributed by atoms with Crippen molar-refractivity contribution >= 4 is 22.0 Å². The second kappa shape index (κ2) is 9.09. The molecule has 0 saturated carbocycles. The maximum Gasteiger partial charge on any atom is 0.490 e. The number of rotatable bonds is 4. The monoisotopic (exact) mass is 438 g/mol. The first-order valence-electron chi connectivity index (χ1n) is 8.66. The summed E-state index contributed by atoms with van der Waals surface area (Å²) in [7, 11) is -2.29. The van der Waals surface area contributed by atoms with Crippen LogP contribution in [0.4, 0.5) is 13.2 Å². The summed E-state index contributed by atoms with van der Waals surface area (Å²) in [5.74, 6) is -3.20. The van der Waals surface area contributed by atoms with Crippen LogP contribution in [0.3, 0.4) is 0 Å². The third-order valence-electron chi connectivity index (χ3n) is 4.58. The lowest BCUT2D eigenvalue weighted by molar-refractivity contribution is -0.192. The van der Waals surface area contributed by atoms with Gasteiger partial charge in [0, 0.05) is 25.2 Å². The predicted molar refractivity (Wildman–Crippen MR) is 94.6 cm³/mol. The van der Waals surface area contributed by atoms with E-state index in [1.165, 1.54) is 7.11 Å². The van der Waals surface area contributed by atoms with Gasteiger partial charge in [0.25, 0.3) is 0 Å². The van der Waals surface area contributed by atoms with Crippen LogP contribution in [-0.4, -0.2) is 68.2 Å². The SMILES string of the molecule is COC(=O)Cc1ccccc1S(=O)(=O)N1CC2CCC(C1)N2.O=C(O)C(F)(F)F. The summed E-state index contributed by atoms with van der Waals surface area (Å²) < 4.78 is 63.8. The summed E-state index contributed by atoms with van der Waals surface area (Å²) in [5, 5.41) is 10.5. The largest absolute Gasteiger partial charge is 0.490 e. The van der Waals surface area contributed by atoms with E-state index in [1.54, 1.807) is 28.6 Å². The van der Waals surface area contributed by atoms with Crippen LogP contribution in [0.15, 0.2) is 29.2 Å². The summed E-state index contributed by atoms with van der Waals surface area (Å²) in [4.78, 5) is 20.6. The van der Waals surface area contributed by atoms with E-state index in [9.17, 15) is 26.4 Å². The van der Waals surface area contributed by atoms with Crippen LogP contribution in [0.2, 0.25) is 0 Å². The van der Waals surface area contributed by atoms with E-state index >= 15 is 0 Å². The van der Waals surface area contributed by atoms with Gasteiger partial charge in [-0.25, -0.2) is 13.2 Å². The quantitative estimate of drug-likeness (QED) is 0.679. The molecule has 8 nitrogen and oxygen atoms in total. The van der Waals surface area contributed by atoms with Crippen LogP contribution in [0.5, 0.6) is 0 Å². The van der Waals surface area contributed by atoms with E-state index in [0.717, 1.165) is 12.8 Å². The average Bonchev–Trinajstić information content (AvgIpc) is 2.99. The van der Waals surface area contributed by atoms with Gasteiger partial charge >= 0.3 is 18.1 Å². The minimum atomic E-state index is -5.08. The van der Waals surface area contributed by atoms with Gasteiger partial charge in [-0.3, -0.25) is 4.79 Å². The molecule has 0 amide bonds. The third kappa shape index (κ3) is 5.90. The zero-order valence-corrected chi connectivity index (χ0v) is 16.3. The maximum absolute atomic E-state index is 12.9. The molecular formula is C17H21F3N2O6S. The van der Waals surface area contributed by atoms with Crippen molar-refractivity contribution in [1.29, 1.82) is 0 Å². The fourth-order valence-corrected chi connectivity index (χ4v) is 4.97. The Kier molecular flexibility index (Phi) is 7.25. The molecule has 0 aliphatic carbocycles. The summed E-state index contributed by atoms with van der Waals surface area (Å²) in [6.45, 7) is 0.983. The van der Waals surface area contributed by atoms with Gasteiger partial charge in [-0.1, -0.05) is 18.2 Å². The highest BCUT2D eigenvalue weighted by Gasteiger charge is 2.39. The van der Waals surface area contributed by atoms with Crippen LogP contribution in [0, 0.1) is 0 Å². The minimum absolute atomic E-state index is 0.0369. The number of carbonyl (C=O) groups is 2. The van der Waals surface area contributed by atoms with E-state index in [0.29, 0.717) is 18.7 Å². The molecule has 1 aromatic carbocycles. The fourth-order valence-electron chi connectivity index (χ4n) is 3.22. The summed E-state index contributed by atoms with van der Waals surface area (Å²) in [5.41, 5.74) is 0.486. The molecule has 2 saturated heterocycles. The fraction of sp³-hybridized carbons (Fsp3) is 0.529. The molecule has 2 N–H and O–H groups in total. The molecule has 0 spiro atoms. The number of ether oxygens (including phenoxy) is 1. The van der Waals surface area contributed by atoms with Crippen LogP contribution in [0.25, 0.3) is 0 Å². The number of piperazine rings is 1. The van der Waals surface area contributed by atoms with Crippen molar-refractivity contribution in [2.75, 3.05) is 20.2 Å². The Morgan fingerprint density at radius 1 is 1.21 bits per heavy atom. The highest BCUT2D eigenvalue weighted by atomic mass is 32.2. The molecule has 12 heteroatoms. The smallest absolute Gasteiger partial charge is 0.475 e. The number of nitrogens with one attached hydrogen (secondary N) is 1. The number of carboxylic acids is 1. The normalized spacial score (nSPS) is 21.8. The lowest BCUT2D eigenvalue weighted by Crippen LogP contribution is -2.53. The molecular weight excluding hydrogens is 417 g/mol. The number of halogens is 3. The van der Waals surface area contributed by atoms with E-state index in [1.807, 2.05) is 0 Å². The van der Waals surface area contributed by atoms with Crippen molar-refractivity contribution in [3.05, 3.63) is 29.8 Å². The molecule has 2 aliphatic rings. The minimum Gasteiger partial charge on any atom is -0.475 e.